The second kappa shape index (κ2) is 7.53. The van der Waals surface area contributed by atoms with E-state index in [0.29, 0.717) is 0 Å². The molecule has 0 unspecified atom stereocenters. The second-order valence-corrected chi connectivity index (χ2v) is 6.17. The molecule has 1 aromatic carbocycles. The lowest BCUT2D eigenvalue weighted by Crippen LogP contribution is -2.15. The fraction of sp³-hybridized carbons (Fsp3) is 0.438. The van der Waals surface area contributed by atoms with E-state index in [4.69, 9.17) is 4.98 Å². The lowest BCUT2D eigenvalue weighted by molar-refractivity contribution is 0.413. The lowest BCUT2D eigenvalue weighted by atomic mass is 10.1. The van der Waals surface area contributed by atoms with Gasteiger partial charge in [0.2, 0.25) is 0 Å². The summed E-state index contributed by atoms with van der Waals surface area (Å²) in [5.41, 5.74) is 2.45. The van der Waals surface area contributed by atoms with Gasteiger partial charge >= 0.3 is 0 Å². The summed E-state index contributed by atoms with van der Waals surface area (Å²) < 4.78 is 0. The molecule has 0 bridgehead atoms. The molecule has 2 aromatic rings. The Morgan fingerprint density at radius 3 is 2.60 bits per heavy atom. The maximum absolute atomic E-state index is 4.83. The first-order chi connectivity index (χ1) is 9.70. The Balaban J connectivity index is 2.23. The number of hydrogen-bond acceptors (Lipinski definition) is 4. The first kappa shape index (κ1) is 15.2. The van der Waals surface area contributed by atoms with Crippen LogP contribution in [0.3, 0.4) is 0 Å². The van der Waals surface area contributed by atoms with Crippen LogP contribution in [0.25, 0.3) is 10.4 Å². The SMILES string of the molecule is CCNCc1nc(CCN(C)C)sc1-c1ccccc1. The summed E-state index contributed by atoms with van der Waals surface area (Å²) in [5, 5.41) is 4.61. The fourth-order valence-corrected chi connectivity index (χ4v) is 3.08. The number of benzene rings is 1. The molecule has 1 heterocycles. The molecule has 108 valence electrons. The van der Waals surface area contributed by atoms with Crippen LogP contribution in [-0.4, -0.2) is 37.1 Å². The molecule has 0 fully saturated rings. The van der Waals surface area contributed by atoms with Gasteiger partial charge in [-0.1, -0.05) is 37.3 Å². The zero-order chi connectivity index (χ0) is 14.4. The first-order valence-electron chi connectivity index (χ1n) is 7.10. The van der Waals surface area contributed by atoms with Crippen LogP contribution in [0.2, 0.25) is 0 Å². The first-order valence-corrected chi connectivity index (χ1v) is 7.91. The van der Waals surface area contributed by atoms with Crippen molar-refractivity contribution in [1.29, 1.82) is 0 Å². The van der Waals surface area contributed by atoms with Crippen molar-refractivity contribution in [2.45, 2.75) is 19.9 Å². The van der Waals surface area contributed by atoms with E-state index in [1.165, 1.54) is 21.1 Å². The number of rotatable bonds is 7. The summed E-state index contributed by atoms with van der Waals surface area (Å²) >= 11 is 1.83. The molecule has 0 aliphatic rings. The highest BCUT2D eigenvalue weighted by Crippen LogP contribution is 2.30. The third kappa shape index (κ3) is 4.13. The Morgan fingerprint density at radius 2 is 1.95 bits per heavy atom. The van der Waals surface area contributed by atoms with Crippen molar-refractivity contribution in [2.75, 3.05) is 27.2 Å². The lowest BCUT2D eigenvalue weighted by Gasteiger charge is -2.06. The van der Waals surface area contributed by atoms with Gasteiger partial charge in [-0.2, -0.15) is 0 Å². The summed E-state index contributed by atoms with van der Waals surface area (Å²) in [7, 11) is 4.20. The molecule has 0 atom stereocenters. The van der Waals surface area contributed by atoms with Gasteiger partial charge in [-0.25, -0.2) is 4.98 Å². The highest BCUT2D eigenvalue weighted by Gasteiger charge is 2.12. The predicted molar refractivity (Wildman–Crippen MR) is 87.2 cm³/mol. The normalized spacial score (nSPS) is 11.2. The molecule has 20 heavy (non-hydrogen) atoms. The van der Waals surface area contributed by atoms with E-state index in [9.17, 15) is 0 Å². The van der Waals surface area contributed by atoms with E-state index >= 15 is 0 Å². The van der Waals surface area contributed by atoms with Crippen LogP contribution in [0.5, 0.6) is 0 Å². The molecule has 4 heteroatoms. The van der Waals surface area contributed by atoms with Crippen molar-refractivity contribution >= 4 is 11.3 Å². The van der Waals surface area contributed by atoms with Gasteiger partial charge in [-0.15, -0.1) is 11.3 Å². The molecule has 1 aromatic heterocycles. The van der Waals surface area contributed by atoms with Crippen LogP contribution in [0.15, 0.2) is 30.3 Å². The van der Waals surface area contributed by atoms with Gasteiger partial charge in [0, 0.05) is 19.5 Å². The fourth-order valence-electron chi connectivity index (χ4n) is 2.01. The summed E-state index contributed by atoms with van der Waals surface area (Å²) in [6.45, 7) is 4.99. The standard InChI is InChI=1S/C16H23N3S/c1-4-17-12-14-16(13-8-6-5-7-9-13)20-15(18-14)10-11-19(2)3/h5-9,17H,4,10-12H2,1-3H3. The summed E-state index contributed by atoms with van der Waals surface area (Å²) in [6, 6.07) is 10.6. The van der Waals surface area contributed by atoms with Crippen molar-refractivity contribution in [3.63, 3.8) is 0 Å². The molecule has 0 radical (unpaired) electrons. The molecule has 0 saturated heterocycles. The molecule has 0 amide bonds. The van der Waals surface area contributed by atoms with Crippen LogP contribution in [-0.2, 0) is 13.0 Å². The monoisotopic (exact) mass is 289 g/mol. The van der Waals surface area contributed by atoms with Crippen LogP contribution in [0, 0.1) is 0 Å². The molecular weight excluding hydrogens is 266 g/mol. The largest absolute Gasteiger partial charge is 0.311 e. The van der Waals surface area contributed by atoms with Crippen LogP contribution in [0.1, 0.15) is 17.6 Å². The van der Waals surface area contributed by atoms with E-state index in [-0.39, 0.29) is 0 Å². The smallest absolute Gasteiger partial charge is 0.0948 e. The predicted octanol–water partition coefficient (Wildman–Crippen LogP) is 3.02. The van der Waals surface area contributed by atoms with E-state index in [2.05, 4.69) is 61.6 Å². The van der Waals surface area contributed by atoms with E-state index in [1.807, 2.05) is 11.3 Å². The van der Waals surface area contributed by atoms with E-state index in [1.54, 1.807) is 0 Å². The maximum atomic E-state index is 4.83. The molecule has 0 aliphatic heterocycles. The van der Waals surface area contributed by atoms with Gasteiger partial charge in [0.25, 0.3) is 0 Å². The minimum atomic E-state index is 0.846. The highest BCUT2D eigenvalue weighted by molar-refractivity contribution is 7.15. The Bertz CT molecular complexity index is 520. The number of likely N-dealkylation sites (N-methyl/N-ethyl adjacent to an activating group) is 1. The van der Waals surface area contributed by atoms with Crippen molar-refractivity contribution < 1.29 is 0 Å². The average Bonchev–Trinajstić information content (AvgIpc) is 2.87. The molecule has 3 nitrogen and oxygen atoms in total. The minimum absolute atomic E-state index is 0.846. The van der Waals surface area contributed by atoms with Crippen molar-refractivity contribution in [3.8, 4) is 10.4 Å². The Kier molecular flexibility index (Phi) is 5.71. The Morgan fingerprint density at radius 1 is 1.20 bits per heavy atom. The maximum Gasteiger partial charge on any atom is 0.0948 e. The number of aromatic nitrogens is 1. The number of hydrogen-bond donors (Lipinski definition) is 1. The molecule has 0 spiro atoms. The third-order valence-electron chi connectivity index (χ3n) is 3.09. The zero-order valence-electron chi connectivity index (χ0n) is 12.5. The zero-order valence-corrected chi connectivity index (χ0v) is 13.3. The van der Waals surface area contributed by atoms with Crippen molar-refractivity contribution in [1.82, 2.24) is 15.2 Å². The Hall–Kier alpha value is -1.23. The number of nitrogens with zero attached hydrogens (tertiary/aromatic N) is 2. The minimum Gasteiger partial charge on any atom is -0.311 e. The summed E-state index contributed by atoms with van der Waals surface area (Å²) in [5.74, 6) is 0. The van der Waals surface area contributed by atoms with Gasteiger partial charge in [0.15, 0.2) is 0 Å². The molecule has 0 saturated carbocycles. The van der Waals surface area contributed by atoms with Crippen LogP contribution >= 0.6 is 11.3 Å². The molecular formula is C16H23N3S. The van der Waals surface area contributed by atoms with Gasteiger partial charge in [0.05, 0.1) is 15.6 Å². The summed E-state index contributed by atoms with van der Waals surface area (Å²) in [6.07, 6.45) is 1.02. The van der Waals surface area contributed by atoms with Gasteiger partial charge < -0.3 is 10.2 Å². The number of nitrogens with one attached hydrogen (secondary N) is 1. The van der Waals surface area contributed by atoms with E-state index < -0.39 is 0 Å². The second-order valence-electron chi connectivity index (χ2n) is 5.08. The molecule has 1 N–H and O–H groups in total. The summed E-state index contributed by atoms with van der Waals surface area (Å²) in [4.78, 5) is 8.33. The topological polar surface area (TPSA) is 28.2 Å². The van der Waals surface area contributed by atoms with Crippen LogP contribution in [0.4, 0.5) is 0 Å². The quantitative estimate of drug-likeness (QED) is 0.849. The van der Waals surface area contributed by atoms with Crippen molar-refractivity contribution in [2.24, 2.45) is 0 Å². The van der Waals surface area contributed by atoms with Gasteiger partial charge in [0.1, 0.15) is 0 Å². The number of thiazole rings is 1. The highest BCUT2D eigenvalue weighted by atomic mass is 32.1. The van der Waals surface area contributed by atoms with Gasteiger partial charge in [-0.3, -0.25) is 0 Å². The van der Waals surface area contributed by atoms with Crippen molar-refractivity contribution in [3.05, 3.63) is 41.0 Å². The molecule has 2 rings (SSSR count). The Labute approximate surface area is 125 Å². The average molecular weight is 289 g/mol. The van der Waals surface area contributed by atoms with E-state index in [0.717, 1.165) is 26.1 Å². The third-order valence-corrected chi connectivity index (χ3v) is 4.30. The van der Waals surface area contributed by atoms with Crippen LogP contribution < -0.4 is 5.32 Å². The molecule has 0 aliphatic carbocycles. The van der Waals surface area contributed by atoms with Gasteiger partial charge in [-0.05, 0) is 26.2 Å².